The van der Waals surface area contributed by atoms with E-state index in [2.05, 4.69) is 20.2 Å². The molecule has 122 valence electrons. The number of aromatic nitrogens is 2. The van der Waals surface area contributed by atoms with Crippen molar-refractivity contribution in [1.82, 2.24) is 15.3 Å². The summed E-state index contributed by atoms with van der Waals surface area (Å²) in [5, 5.41) is 2.26. The highest BCUT2D eigenvalue weighted by Gasteiger charge is 2.23. The van der Waals surface area contributed by atoms with Gasteiger partial charge in [0.2, 0.25) is 11.9 Å². The number of nitrogens with one attached hydrogen (secondary N) is 1. The van der Waals surface area contributed by atoms with E-state index in [0.29, 0.717) is 6.42 Å². The van der Waals surface area contributed by atoms with Crippen LogP contribution in [0, 0.1) is 19.8 Å². The van der Waals surface area contributed by atoms with Gasteiger partial charge >= 0.3 is 0 Å². The lowest BCUT2D eigenvalue weighted by atomic mass is 9.93. The summed E-state index contributed by atoms with van der Waals surface area (Å²) in [6.45, 7) is 4.90. The molecule has 2 heterocycles. The standard InChI is InChI=1S/C15H22F2N4O/c1-10-7-11(2)20-15(19-10)21-5-3-12(4-6-21)8-14(22)18-9-13(16)17/h7,12-13H,3-6,8-9H2,1-2H3,(H,18,22). The third kappa shape index (κ3) is 4.89. The summed E-state index contributed by atoms with van der Waals surface area (Å²) in [5.74, 6) is 0.680. The number of halogens is 2. The minimum Gasteiger partial charge on any atom is -0.350 e. The molecule has 0 aromatic carbocycles. The van der Waals surface area contributed by atoms with Crippen LogP contribution in [0.15, 0.2) is 6.07 Å². The third-order valence-corrected chi connectivity index (χ3v) is 3.80. The van der Waals surface area contributed by atoms with Crippen LogP contribution in [0.5, 0.6) is 0 Å². The molecule has 22 heavy (non-hydrogen) atoms. The lowest BCUT2D eigenvalue weighted by Crippen LogP contribution is -2.37. The summed E-state index contributed by atoms with van der Waals surface area (Å²) in [6, 6.07) is 1.93. The van der Waals surface area contributed by atoms with Crippen LogP contribution in [0.3, 0.4) is 0 Å². The molecule has 1 aromatic heterocycles. The number of carbonyl (C=O) groups excluding carboxylic acids is 1. The summed E-state index contributed by atoms with van der Waals surface area (Å²) < 4.78 is 24.1. The Morgan fingerprint density at radius 2 is 1.91 bits per heavy atom. The smallest absolute Gasteiger partial charge is 0.255 e. The van der Waals surface area contributed by atoms with Crippen molar-refractivity contribution in [3.63, 3.8) is 0 Å². The van der Waals surface area contributed by atoms with Gasteiger partial charge in [-0.25, -0.2) is 18.7 Å². The van der Waals surface area contributed by atoms with Gasteiger partial charge in [0, 0.05) is 30.9 Å². The first-order chi connectivity index (χ1) is 10.4. The van der Waals surface area contributed by atoms with E-state index in [9.17, 15) is 13.6 Å². The highest BCUT2D eigenvalue weighted by molar-refractivity contribution is 5.76. The second-order valence-corrected chi connectivity index (χ2v) is 5.78. The molecule has 0 unspecified atom stereocenters. The topological polar surface area (TPSA) is 58.1 Å². The quantitative estimate of drug-likeness (QED) is 0.904. The fourth-order valence-corrected chi connectivity index (χ4v) is 2.71. The van der Waals surface area contributed by atoms with Crippen LogP contribution < -0.4 is 10.2 Å². The van der Waals surface area contributed by atoms with Crippen molar-refractivity contribution in [3.05, 3.63) is 17.5 Å². The molecule has 5 nitrogen and oxygen atoms in total. The maximum absolute atomic E-state index is 12.0. The van der Waals surface area contributed by atoms with E-state index in [0.717, 1.165) is 43.3 Å². The van der Waals surface area contributed by atoms with Crippen molar-refractivity contribution in [1.29, 1.82) is 0 Å². The highest BCUT2D eigenvalue weighted by atomic mass is 19.3. The van der Waals surface area contributed by atoms with Crippen molar-refractivity contribution in [2.24, 2.45) is 5.92 Å². The molecule has 1 aliphatic rings. The summed E-state index contributed by atoms with van der Waals surface area (Å²) in [6.07, 6.45) is -0.488. The van der Waals surface area contributed by atoms with Gasteiger partial charge in [0.1, 0.15) is 0 Å². The number of piperidine rings is 1. The van der Waals surface area contributed by atoms with E-state index in [-0.39, 0.29) is 11.8 Å². The van der Waals surface area contributed by atoms with Crippen LogP contribution >= 0.6 is 0 Å². The van der Waals surface area contributed by atoms with Crippen LogP contribution in [0.4, 0.5) is 14.7 Å². The van der Waals surface area contributed by atoms with Crippen LogP contribution in [-0.2, 0) is 4.79 Å². The van der Waals surface area contributed by atoms with Gasteiger partial charge in [-0.05, 0) is 38.7 Å². The number of hydrogen-bond acceptors (Lipinski definition) is 4. The number of nitrogens with zero attached hydrogens (tertiary/aromatic N) is 3. The molecular weight excluding hydrogens is 290 g/mol. The lowest BCUT2D eigenvalue weighted by Gasteiger charge is -2.32. The number of carbonyl (C=O) groups is 1. The van der Waals surface area contributed by atoms with Crippen LogP contribution in [0.1, 0.15) is 30.7 Å². The van der Waals surface area contributed by atoms with Gasteiger partial charge in [-0.1, -0.05) is 0 Å². The molecule has 0 bridgehead atoms. The first-order valence-corrected chi connectivity index (χ1v) is 7.56. The van der Waals surface area contributed by atoms with Crippen molar-refractivity contribution in [3.8, 4) is 0 Å². The molecule has 1 amide bonds. The molecule has 1 saturated heterocycles. The van der Waals surface area contributed by atoms with Crippen molar-refractivity contribution < 1.29 is 13.6 Å². The Labute approximate surface area is 129 Å². The first-order valence-electron chi connectivity index (χ1n) is 7.56. The van der Waals surface area contributed by atoms with E-state index < -0.39 is 13.0 Å². The number of amides is 1. The zero-order valence-electron chi connectivity index (χ0n) is 13.0. The molecule has 0 aliphatic carbocycles. The van der Waals surface area contributed by atoms with E-state index in [1.165, 1.54) is 0 Å². The van der Waals surface area contributed by atoms with Crippen LogP contribution in [0.2, 0.25) is 0 Å². The predicted molar refractivity (Wildman–Crippen MR) is 80.1 cm³/mol. The Morgan fingerprint density at radius 3 is 2.45 bits per heavy atom. The zero-order chi connectivity index (χ0) is 16.1. The van der Waals surface area contributed by atoms with Gasteiger partial charge in [-0.15, -0.1) is 0 Å². The Balaban J connectivity index is 1.81. The van der Waals surface area contributed by atoms with E-state index in [4.69, 9.17) is 0 Å². The van der Waals surface area contributed by atoms with Gasteiger partial charge < -0.3 is 10.2 Å². The minimum absolute atomic E-state index is 0.236. The average Bonchev–Trinajstić information content (AvgIpc) is 2.45. The fourth-order valence-electron chi connectivity index (χ4n) is 2.71. The summed E-state index contributed by atoms with van der Waals surface area (Å²) in [7, 11) is 0. The Bertz CT molecular complexity index is 496. The van der Waals surface area contributed by atoms with Crippen molar-refractivity contribution in [2.45, 2.75) is 39.5 Å². The molecule has 0 atom stereocenters. The predicted octanol–water partition coefficient (Wildman–Crippen LogP) is 2.08. The average molecular weight is 312 g/mol. The van der Waals surface area contributed by atoms with Gasteiger partial charge in [0.25, 0.3) is 6.43 Å². The number of alkyl halides is 2. The minimum atomic E-state index is -2.49. The molecule has 1 N–H and O–H groups in total. The van der Waals surface area contributed by atoms with Gasteiger partial charge in [-0.3, -0.25) is 4.79 Å². The largest absolute Gasteiger partial charge is 0.350 e. The summed E-state index contributed by atoms with van der Waals surface area (Å²) in [5.41, 5.74) is 1.88. The normalized spacial score (nSPS) is 16.1. The summed E-state index contributed by atoms with van der Waals surface area (Å²) in [4.78, 5) is 22.6. The number of anilines is 1. The Kier molecular flexibility index (Phi) is 5.63. The fraction of sp³-hybridized carbons (Fsp3) is 0.667. The van der Waals surface area contributed by atoms with Crippen molar-refractivity contribution in [2.75, 3.05) is 24.5 Å². The third-order valence-electron chi connectivity index (χ3n) is 3.80. The maximum Gasteiger partial charge on any atom is 0.255 e. The Morgan fingerprint density at radius 1 is 1.32 bits per heavy atom. The molecule has 7 heteroatoms. The Hall–Kier alpha value is -1.79. The van der Waals surface area contributed by atoms with E-state index in [1.54, 1.807) is 0 Å². The van der Waals surface area contributed by atoms with Gasteiger partial charge in [0.15, 0.2) is 0 Å². The molecule has 2 rings (SSSR count). The second-order valence-electron chi connectivity index (χ2n) is 5.78. The van der Waals surface area contributed by atoms with E-state index >= 15 is 0 Å². The van der Waals surface area contributed by atoms with Gasteiger partial charge in [0.05, 0.1) is 6.54 Å². The highest BCUT2D eigenvalue weighted by Crippen LogP contribution is 2.23. The van der Waals surface area contributed by atoms with Crippen LogP contribution in [0.25, 0.3) is 0 Å². The van der Waals surface area contributed by atoms with Crippen LogP contribution in [-0.4, -0.2) is 41.9 Å². The molecule has 1 aromatic rings. The number of aryl methyl sites for hydroxylation is 2. The number of rotatable bonds is 5. The van der Waals surface area contributed by atoms with Gasteiger partial charge in [-0.2, -0.15) is 0 Å². The lowest BCUT2D eigenvalue weighted by molar-refractivity contribution is -0.122. The molecule has 0 spiro atoms. The first kappa shape index (κ1) is 16.6. The zero-order valence-corrected chi connectivity index (χ0v) is 13.0. The number of hydrogen-bond donors (Lipinski definition) is 1. The SMILES string of the molecule is Cc1cc(C)nc(N2CCC(CC(=O)NCC(F)F)CC2)n1. The molecule has 1 fully saturated rings. The molecule has 0 saturated carbocycles. The van der Waals surface area contributed by atoms with E-state index in [1.807, 2.05) is 19.9 Å². The maximum atomic E-state index is 12.0. The molecule has 0 radical (unpaired) electrons. The molecule has 1 aliphatic heterocycles. The summed E-state index contributed by atoms with van der Waals surface area (Å²) >= 11 is 0. The monoisotopic (exact) mass is 312 g/mol. The molecular formula is C15H22F2N4O. The van der Waals surface area contributed by atoms with Crippen molar-refractivity contribution >= 4 is 11.9 Å². The second kappa shape index (κ2) is 7.47.